The van der Waals surface area contributed by atoms with E-state index in [-0.39, 0.29) is 19.3 Å². The molecule has 1 heterocycles. The SMILES string of the molecule is COCOc1ccc(CCCO)c(Oc2ccc(C(F)(F)F)cn2)c1. The first-order valence-electron chi connectivity index (χ1n) is 7.50. The summed E-state index contributed by atoms with van der Waals surface area (Å²) < 4.78 is 53.5. The number of aryl methyl sites for hydroxylation is 1. The molecule has 1 aromatic heterocycles. The molecule has 0 atom stereocenters. The van der Waals surface area contributed by atoms with E-state index < -0.39 is 11.7 Å². The van der Waals surface area contributed by atoms with E-state index in [1.165, 1.54) is 7.11 Å². The Balaban J connectivity index is 2.22. The number of aromatic nitrogens is 1. The van der Waals surface area contributed by atoms with E-state index in [9.17, 15) is 13.2 Å². The standard InChI is InChI=1S/C17H18F3NO4/c1-23-11-24-14-6-4-12(3-2-8-22)15(9-14)25-16-7-5-13(10-21-16)17(18,19)20/h4-7,9-10,22H,2-3,8,11H2,1H3. The Hall–Kier alpha value is -2.32. The second kappa shape index (κ2) is 8.68. The molecule has 0 aliphatic heterocycles. The lowest BCUT2D eigenvalue weighted by atomic mass is 10.1. The molecule has 8 heteroatoms. The van der Waals surface area contributed by atoms with Crippen LogP contribution in [0, 0.1) is 0 Å². The molecule has 0 aliphatic carbocycles. The number of ether oxygens (including phenoxy) is 3. The van der Waals surface area contributed by atoms with Crippen molar-refractivity contribution in [1.29, 1.82) is 0 Å². The number of hydrogen-bond acceptors (Lipinski definition) is 5. The maximum absolute atomic E-state index is 12.6. The number of aliphatic hydroxyl groups is 1. The van der Waals surface area contributed by atoms with Crippen LogP contribution in [-0.4, -0.2) is 30.6 Å². The Kier molecular flexibility index (Phi) is 6.60. The molecule has 0 unspecified atom stereocenters. The first-order chi connectivity index (χ1) is 11.9. The van der Waals surface area contributed by atoms with Gasteiger partial charge in [0.15, 0.2) is 6.79 Å². The highest BCUT2D eigenvalue weighted by Crippen LogP contribution is 2.32. The van der Waals surface area contributed by atoms with E-state index in [4.69, 9.17) is 19.3 Å². The quantitative estimate of drug-likeness (QED) is 0.728. The van der Waals surface area contributed by atoms with E-state index in [0.717, 1.165) is 17.7 Å². The number of rotatable bonds is 8. The molecule has 136 valence electrons. The summed E-state index contributed by atoms with van der Waals surface area (Å²) in [7, 11) is 1.49. The summed E-state index contributed by atoms with van der Waals surface area (Å²) in [6, 6.07) is 7.15. The van der Waals surface area contributed by atoms with Crippen LogP contribution in [-0.2, 0) is 17.3 Å². The van der Waals surface area contributed by atoms with Crippen molar-refractivity contribution < 1.29 is 32.5 Å². The van der Waals surface area contributed by atoms with Crippen LogP contribution in [0.2, 0.25) is 0 Å². The van der Waals surface area contributed by atoms with Crippen molar-refractivity contribution >= 4 is 0 Å². The second-order valence-corrected chi connectivity index (χ2v) is 5.13. The average Bonchev–Trinajstić information content (AvgIpc) is 2.59. The van der Waals surface area contributed by atoms with Crippen molar-refractivity contribution in [3.8, 4) is 17.4 Å². The highest BCUT2D eigenvalue weighted by atomic mass is 19.4. The molecule has 2 aromatic rings. The van der Waals surface area contributed by atoms with Crippen LogP contribution >= 0.6 is 0 Å². The van der Waals surface area contributed by atoms with Crippen LogP contribution in [0.15, 0.2) is 36.5 Å². The van der Waals surface area contributed by atoms with Crippen LogP contribution in [0.4, 0.5) is 13.2 Å². The predicted molar refractivity (Wildman–Crippen MR) is 83.7 cm³/mol. The first-order valence-corrected chi connectivity index (χ1v) is 7.50. The second-order valence-electron chi connectivity index (χ2n) is 5.13. The maximum Gasteiger partial charge on any atom is 0.417 e. The van der Waals surface area contributed by atoms with Crippen molar-refractivity contribution in [3.05, 3.63) is 47.7 Å². The van der Waals surface area contributed by atoms with Crippen molar-refractivity contribution in [2.24, 2.45) is 0 Å². The van der Waals surface area contributed by atoms with E-state index in [1.54, 1.807) is 18.2 Å². The van der Waals surface area contributed by atoms with Crippen molar-refractivity contribution in [3.63, 3.8) is 0 Å². The molecule has 0 saturated carbocycles. The zero-order valence-electron chi connectivity index (χ0n) is 13.5. The number of alkyl halides is 3. The number of hydrogen-bond donors (Lipinski definition) is 1. The monoisotopic (exact) mass is 357 g/mol. The largest absolute Gasteiger partial charge is 0.467 e. The van der Waals surface area contributed by atoms with Gasteiger partial charge in [-0.1, -0.05) is 6.07 Å². The van der Waals surface area contributed by atoms with E-state index >= 15 is 0 Å². The minimum Gasteiger partial charge on any atom is -0.467 e. The van der Waals surface area contributed by atoms with Gasteiger partial charge in [-0.15, -0.1) is 0 Å². The van der Waals surface area contributed by atoms with Gasteiger partial charge in [0.25, 0.3) is 0 Å². The molecule has 0 saturated heterocycles. The summed E-state index contributed by atoms with van der Waals surface area (Å²) in [5.41, 5.74) is -0.0713. The molecule has 0 fully saturated rings. The normalized spacial score (nSPS) is 11.4. The Morgan fingerprint density at radius 3 is 2.56 bits per heavy atom. The number of benzene rings is 1. The van der Waals surface area contributed by atoms with Crippen LogP contribution in [0.1, 0.15) is 17.5 Å². The number of pyridine rings is 1. The van der Waals surface area contributed by atoms with E-state index in [1.807, 2.05) is 0 Å². The van der Waals surface area contributed by atoms with E-state index in [2.05, 4.69) is 4.98 Å². The number of aliphatic hydroxyl groups excluding tert-OH is 1. The molecular formula is C17H18F3NO4. The van der Waals surface area contributed by atoms with Gasteiger partial charge in [-0.25, -0.2) is 4.98 Å². The zero-order valence-corrected chi connectivity index (χ0v) is 13.5. The van der Waals surface area contributed by atoms with Gasteiger partial charge >= 0.3 is 6.18 Å². The summed E-state index contributed by atoms with van der Waals surface area (Å²) in [6.45, 7) is 0.0633. The van der Waals surface area contributed by atoms with E-state index in [0.29, 0.717) is 30.5 Å². The lowest BCUT2D eigenvalue weighted by Crippen LogP contribution is -2.05. The Bertz CT molecular complexity index is 675. The summed E-state index contributed by atoms with van der Waals surface area (Å²) in [6.07, 6.45) is -2.67. The molecule has 1 N–H and O–H groups in total. The van der Waals surface area contributed by atoms with Gasteiger partial charge in [0.05, 0.1) is 5.56 Å². The highest BCUT2D eigenvalue weighted by Gasteiger charge is 2.30. The summed E-state index contributed by atoms with van der Waals surface area (Å²) in [5.74, 6) is 0.910. The van der Waals surface area contributed by atoms with Crippen molar-refractivity contribution in [1.82, 2.24) is 4.98 Å². The van der Waals surface area contributed by atoms with Gasteiger partial charge in [-0.2, -0.15) is 13.2 Å². The fourth-order valence-electron chi connectivity index (χ4n) is 2.04. The lowest BCUT2D eigenvalue weighted by Gasteiger charge is -2.13. The molecule has 0 spiro atoms. The third kappa shape index (κ3) is 5.61. The van der Waals surface area contributed by atoms with Crippen LogP contribution in [0.25, 0.3) is 0 Å². The number of nitrogens with zero attached hydrogens (tertiary/aromatic N) is 1. The summed E-state index contributed by atoms with van der Waals surface area (Å²) in [5, 5.41) is 8.98. The predicted octanol–water partition coefficient (Wildman–Crippen LogP) is 3.80. The van der Waals surface area contributed by atoms with Gasteiger partial charge in [0, 0.05) is 32.0 Å². The Labute approximate surface area is 143 Å². The van der Waals surface area contributed by atoms with Crippen molar-refractivity contribution in [2.75, 3.05) is 20.5 Å². The topological polar surface area (TPSA) is 60.8 Å². The minimum atomic E-state index is -4.45. The fraction of sp³-hybridized carbons (Fsp3) is 0.353. The molecule has 25 heavy (non-hydrogen) atoms. The average molecular weight is 357 g/mol. The lowest BCUT2D eigenvalue weighted by molar-refractivity contribution is -0.137. The summed E-state index contributed by atoms with van der Waals surface area (Å²) >= 11 is 0. The first kappa shape index (κ1) is 19.0. The molecular weight excluding hydrogens is 339 g/mol. The molecule has 2 rings (SSSR count). The zero-order chi connectivity index (χ0) is 18.3. The van der Waals surface area contributed by atoms with Gasteiger partial charge in [0.2, 0.25) is 5.88 Å². The van der Waals surface area contributed by atoms with Crippen LogP contribution in [0.3, 0.4) is 0 Å². The van der Waals surface area contributed by atoms with Gasteiger partial charge in [-0.05, 0) is 30.5 Å². The molecule has 5 nitrogen and oxygen atoms in total. The number of methoxy groups -OCH3 is 1. The van der Waals surface area contributed by atoms with Gasteiger partial charge < -0.3 is 19.3 Å². The minimum absolute atomic E-state index is 0.0138. The molecule has 1 aromatic carbocycles. The van der Waals surface area contributed by atoms with Gasteiger partial charge in [0.1, 0.15) is 11.5 Å². The number of halogens is 3. The fourth-order valence-corrected chi connectivity index (χ4v) is 2.04. The van der Waals surface area contributed by atoms with Crippen LogP contribution in [0.5, 0.6) is 17.4 Å². The Morgan fingerprint density at radius 1 is 1.16 bits per heavy atom. The molecule has 0 radical (unpaired) electrons. The van der Waals surface area contributed by atoms with Crippen molar-refractivity contribution in [2.45, 2.75) is 19.0 Å². The van der Waals surface area contributed by atoms with Gasteiger partial charge in [-0.3, -0.25) is 0 Å². The highest BCUT2D eigenvalue weighted by molar-refractivity contribution is 5.42. The third-order valence-corrected chi connectivity index (χ3v) is 3.26. The molecule has 0 bridgehead atoms. The smallest absolute Gasteiger partial charge is 0.417 e. The Morgan fingerprint density at radius 2 is 1.96 bits per heavy atom. The molecule has 0 aliphatic rings. The van der Waals surface area contributed by atoms with Crippen LogP contribution < -0.4 is 9.47 Å². The maximum atomic E-state index is 12.6. The third-order valence-electron chi connectivity index (χ3n) is 3.26. The summed E-state index contributed by atoms with van der Waals surface area (Å²) in [4.78, 5) is 3.70. The molecule has 0 amide bonds.